The van der Waals surface area contributed by atoms with Gasteiger partial charge in [0.25, 0.3) is 5.91 Å². The molecule has 0 aromatic heterocycles. The van der Waals surface area contributed by atoms with Gasteiger partial charge < -0.3 is 5.32 Å². The molecule has 0 aliphatic rings. The average Bonchev–Trinajstić information content (AvgIpc) is 2.67. The highest BCUT2D eigenvalue weighted by Gasteiger charge is 2.10. The highest BCUT2D eigenvalue weighted by molar-refractivity contribution is 6.31. The summed E-state index contributed by atoms with van der Waals surface area (Å²) in [6.07, 6.45) is 2.86. The third kappa shape index (κ3) is 6.95. The van der Waals surface area contributed by atoms with E-state index in [1.165, 1.54) is 6.08 Å². The Morgan fingerprint density at radius 2 is 1.63 bits per heavy atom. The molecule has 0 saturated carbocycles. The van der Waals surface area contributed by atoms with Gasteiger partial charge in [-0.2, -0.15) is 0 Å². The number of halogens is 1. The van der Waals surface area contributed by atoms with Crippen LogP contribution in [0.3, 0.4) is 0 Å². The Morgan fingerprint density at radius 1 is 0.926 bits per heavy atom. The van der Waals surface area contributed by atoms with Crippen LogP contribution < -0.4 is 16.2 Å². The van der Waals surface area contributed by atoms with Crippen molar-refractivity contribution in [2.75, 3.05) is 5.32 Å². The second-order valence-electron chi connectivity index (χ2n) is 5.74. The van der Waals surface area contributed by atoms with E-state index in [-0.39, 0.29) is 18.7 Å². The molecule has 0 saturated heterocycles. The first-order chi connectivity index (χ1) is 13.0. The van der Waals surface area contributed by atoms with Crippen LogP contribution in [0.15, 0.2) is 54.6 Å². The fourth-order valence-corrected chi connectivity index (χ4v) is 2.33. The highest BCUT2D eigenvalue weighted by atomic mass is 35.5. The minimum Gasteiger partial charge on any atom is -0.326 e. The minimum atomic E-state index is -0.466. The maximum Gasteiger partial charge on any atom is 0.262 e. The molecule has 140 valence electrons. The van der Waals surface area contributed by atoms with Gasteiger partial charge in [-0.15, -0.1) is 0 Å². The smallest absolute Gasteiger partial charge is 0.262 e. The first-order valence-electron chi connectivity index (χ1n) is 8.32. The van der Waals surface area contributed by atoms with Crippen LogP contribution in [0.4, 0.5) is 5.69 Å². The second kappa shape index (κ2) is 10.1. The van der Waals surface area contributed by atoms with Crippen molar-refractivity contribution in [3.63, 3.8) is 0 Å². The molecule has 0 unspecified atom stereocenters. The maximum atomic E-state index is 11.9. The van der Waals surface area contributed by atoms with Gasteiger partial charge in [-0.1, -0.05) is 48.0 Å². The number of carbonyl (C=O) groups excluding carboxylic acids is 3. The predicted octanol–water partition coefficient (Wildman–Crippen LogP) is 3.23. The monoisotopic (exact) mass is 385 g/mol. The van der Waals surface area contributed by atoms with Gasteiger partial charge in [0.15, 0.2) is 0 Å². The quantitative estimate of drug-likeness (QED) is 0.527. The number of nitrogens with one attached hydrogen (secondary N) is 3. The molecular weight excluding hydrogens is 366 g/mol. The van der Waals surface area contributed by atoms with E-state index in [2.05, 4.69) is 16.2 Å². The first-order valence-corrected chi connectivity index (χ1v) is 8.70. The lowest BCUT2D eigenvalue weighted by molar-refractivity contribution is -0.128. The Morgan fingerprint density at radius 3 is 2.37 bits per heavy atom. The zero-order valence-electron chi connectivity index (χ0n) is 14.8. The predicted molar refractivity (Wildman–Crippen MR) is 106 cm³/mol. The Bertz CT molecular complexity index is 851. The van der Waals surface area contributed by atoms with Crippen molar-refractivity contribution in [3.05, 3.63) is 70.8 Å². The van der Waals surface area contributed by atoms with Crippen molar-refractivity contribution < 1.29 is 14.4 Å². The molecule has 0 aliphatic heterocycles. The molecule has 7 heteroatoms. The van der Waals surface area contributed by atoms with Crippen molar-refractivity contribution in [2.24, 2.45) is 0 Å². The Labute approximate surface area is 162 Å². The molecule has 27 heavy (non-hydrogen) atoms. The number of rotatable bonds is 6. The molecule has 3 N–H and O–H groups in total. The number of anilines is 1. The topological polar surface area (TPSA) is 87.3 Å². The van der Waals surface area contributed by atoms with Crippen LogP contribution in [0.2, 0.25) is 5.02 Å². The lowest BCUT2D eigenvalue weighted by atomic mass is 10.2. The van der Waals surface area contributed by atoms with Gasteiger partial charge in [0.05, 0.1) is 0 Å². The summed E-state index contributed by atoms with van der Waals surface area (Å²) in [6, 6.07) is 14.5. The van der Waals surface area contributed by atoms with Crippen molar-refractivity contribution >= 4 is 41.1 Å². The van der Waals surface area contributed by atoms with Crippen LogP contribution in [0, 0.1) is 6.92 Å². The van der Waals surface area contributed by atoms with E-state index in [0.717, 1.165) is 11.1 Å². The van der Waals surface area contributed by atoms with E-state index in [1.54, 1.807) is 31.2 Å². The van der Waals surface area contributed by atoms with Gasteiger partial charge in [-0.05, 0) is 36.3 Å². The molecule has 0 spiro atoms. The fraction of sp³-hybridized carbons (Fsp3) is 0.150. The molecule has 0 atom stereocenters. The van der Waals surface area contributed by atoms with Crippen molar-refractivity contribution in [1.29, 1.82) is 0 Å². The molecule has 3 amide bonds. The standard InChI is InChI=1S/C20H20ClN3O3/c1-14-16(21)8-5-9-17(14)22-18(25)12-13-20(27)24-23-19(26)11-10-15-6-3-2-4-7-15/h2-11H,12-13H2,1H3,(H,22,25)(H,23,26)(H,24,27)/b11-10-. The summed E-state index contributed by atoms with van der Waals surface area (Å²) in [4.78, 5) is 35.4. The molecule has 2 aromatic carbocycles. The number of benzene rings is 2. The van der Waals surface area contributed by atoms with Gasteiger partial charge in [0.1, 0.15) is 0 Å². The maximum absolute atomic E-state index is 11.9. The average molecular weight is 386 g/mol. The van der Waals surface area contributed by atoms with Crippen LogP contribution >= 0.6 is 11.6 Å². The minimum absolute atomic E-state index is 0.0203. The van der Waals surface area contributed by atoms with Crippen molar-refractivity contribution in [1.82, 2.24) is 10.9 Å². The number of amides is 3. The summed E-state index contributed by atoms with van der Waals surface area (Å²) in [5, 5.41) is 3.26. The van der Waals surface area contributed by atoms with Crippen LogP contribution in [0.1, 0.15) is 24.0 Å². The largest absolute Gasteiger partial charge is 0.326 e. The lowest BCUT2D eigenvalue weighted by Crippen LogP contribution is -2.41. The van der Waals surface area contributed by atoms with Crippen LogP contribution in [-0.4, -0.2) is 17.7 Å². The number of hydrogen-bond acceptors (Lipinski definition) is 3. The SMILES string of the molecule is Cc1c(Cl)cccc1NC(=O)CCC(=O)NNC(=O)/C=C\c1ccccc1. The fourth-order valence-electron chi connectivity index (χ4n) is 2.15. The summed E-state index contributed by atoms with van der Waals surface area (Å²) in [5.74, 6) is -1.24. The summed E-state index contributed by atoms with van der Waals surface area (Å²) in [5.41, 5.74) is 6.77. The van der Waals surface area contributed by atoms with Crippen molar-refractivity contribution in [2.45, 2.75) is 19.8 Å². The molecule has 2 rings (SSSR count). The zero-order valence-corrected chi connectivity index (χ0v) is 15.5. The summed E-state index contributed by atoms with van der Waals surface area (Å²) >= 11 is 6.00. The molecule has 6 nitrogen and oxygen atoms in total. The van der Waals surface area contributed by atoms with Crippen molar-refractivity contribution in [3.8, 4) is 0 Å². The lowest BCUT2D eigenvalue weighted by Gasteiger charge is -2.09. The van der Waals surface area contributed by atoms with Gasteiger partial charge in [-0.25, -0.2) is 0 Å². The molecule has 0 bridgehead atoms. The molecule has 0 radical (unpaired) electrons. The molecule has 0 fully saturated rings. The van der Waals surface area contributed by atoms with E-state index < -0.39 is 11.8 Å². The second-order valence-corrected chi connectivity index (χ2v) is 6.15. The summed E-state index contributed by atoms with van der Waals surface area (Å²) in [7, 11) is 0. The molecule has 0 aliphatic carbocycles. The Balaban J connectivity index is 1.71. The van der Waals surface area contributed by atoms with Crippen LogP contribution in [0.5, 0.6) is 0 Å². The molecule has 2 aromatic rings. The Kier molecular flexibility index (Phi) is 7.58. The zero-order chi connectivity index (χ0) is 19.6. The van der Waals surface area contributed by atoms with E-state index >= 15 is 0 Å². The van der Waals surface area contributed by atoms with Crippen LogP contribution in [-0.2, 0) is 14.4 Å². The molecular formula is C20H20ClN3O3. The van der Waals surface area contributed by atoms with E-state index in [0.29, 0.717) is 10.7 Å². The number of carbonyl (C=O) groups is 3. The first kappa shape index (κ1) is 20.2. The van der Waals surface area contributed by atoms with E-state index in [9.17, 15) is 14.4 Å². The third-order valence-corrected chi connectivity index (χ3v) is 4.08. The van der Waals surface area contributed by atoms with Gasteiger partial charge in [0.2, 0.25) is 11.8 Å². The Hall–Kier alpha value is -3.12. The summed E-state index contributed by atoms with van der Waals surface area (Å²) < 4.78 is 0. The third-order valence-electron chi connectivity index (χ3n) is 3.67. The molecule has 0 heterocycles. The highest BCUT2D eigenvalue weighted by Crippen LogP contribution is 2.23. The normalized spacial score (nSPS) is 10.4. The van der Waals surface area contributed by atoms with Gasteiger partial charge >= 0.3 is 0 Å². The van der Waals surface area contributed by atoms with Crippen LogP contribution in [0.25, 0.3) is 6.08 Å². The number of hydrogen-bond donors (Lipinski definition) is 3. The number of hydrazine groups is 1. The van der Waals surface area contributed by atoms with E-state index in [4.69, 9.17) is 11.6 Å². The van der Waals surface area contributed by atoms with E-state index in [1.807, 2.05) is 30.3 Å². The van der Waals surface area contributed by atoms with Gasteiger partial charge in [-0.3, -0.25) is 25.2 Å². The van der Waals surface area contributed by atoms with Gasteiger partial charge in [0, 0.05) is 29.6 Å². The summed E-state index contributed by atoms with van der Waals surface area (Å²) in [6.45, 7) is 1.79.